The Morgan fingerprint density at radius 1 is 1.40 bits per heavy atom. The maximum Gasteiger partial charge on any atom is -0.00510 e. The fourth-order valence-corrected chi connectivity index (χ4v) is 1.90. The standard InChI is InChI=1S/C15H14/c1-3-12(2)8-9-13-10-14-6-4-5-7-15(14)11-13/h1,4-7,10H,2,8-9,11H2. The molecule has 1 aliphatic rings. The number of rotatable bonds is 3. The summed E-state index contributed by atoms with van der Waals surface area (Å²) in [4.78, 5) is 0. The first-order valence-electron chi connectivity index (χ1n) is 5.21. The average Bonchev–Trinajstić information content (AvgIpc) is 2.68. The lowest BCUT2D eigenvalue weighted by molar-refractivity contribution is 0.929. The van der Waals surface area contributed by atoms with Crippen LogP contribution in [0.25, 0.3) is 6.08 Å². The second-order valence-corrected chi connectivity index (χ2v) is 3.93. The van der Waals surface area contributed by atoms with Crippen LogP contribution in [0.1, 0.15) is 24.0 Å². The Morgan fingerprint density at radius 3 is 2.93 bits per heavy atom. The molecular formula is C15H14. The molecule has 0 aliphatic heterocycles. The first-order chi connectivity index (χ1) is 7.29. The predicted octanol–water partition coefficient (Wildman–Crippen LogP) is 3.60. The van der Waals surface area contributed by atoms with Crippen molar-refractivity contribution in [3.63, 3.8) is 0 Å². The zero-order chi connectivity index (χ0) is 10.7. The van der Waals surface area contributed by atoms with Gasteiger partial charge in [0.2, 0.25) is 0 Å². The Kier molecular flexibility index (Phi) is 2.74. The van der Waals surface area contributed by atoms with Crippen LogP contribution in [-0.4, -0.2) is 0 Å². The fourth-order valence-electron chi connectivity index (χ4n) is 1.90. The van der Waals surface area contributed by atoms with E-state index in [9.17, 15) is 0 Å². The summed E-state index contributed by atoms with van der Waals surface area (Å²) >= 11 is 0. The van der Waals surface area contributed by atoms with Crippen LogP contribution in [0.5, 0.6) is 0 Å². The second kappa shape index (κ2) is 4.19. The third-order valence-corrected chi connectivity index (χ3v) is 2.78. The van der Waals surface area contributed by atoms with E-state index in [1.165, 1.54) is 16.7 Å². The van der Waals surface area contributed by atoms with Gasteiger partial charge in [-0.25, -0.2) is 0 Å². The SMILES string of the molecule is C#CC(=C)CCC1=Cc2ccccc2C1. The summed E-state index contributed by atoms with van der Waals surface area (Å²) in [7, 11) is 0. The molecule has 0 atom stereocenters. The largest absolute Gasteiger partial charge is 0.115 e. The lowest BCUT2D eigenvalue weighted by Crippen LogP contribution is -1.86. The van der Waals surface area contributed by atoms with Crippen molar-refractivity contribution >= 4 is 6.08 Å². The van der Waals surface area contributed by atoms with Gasteiger partial charge in [-0.1, -0.05) is 48.4 Å². The van der Waals surface area contributed by atoms with Crippen molar-refractivity contribution in [3.05, 3.63) is 53.1 Å². The molecule has 0 saturated heterocycles. The highest BCUT2D eigenvalue weighted by Gasteiger charge is 2.11. The topological polar surface area (TPSA) is 0 Å². The molecule has 1 aromatic rings. The Labute approximate surface area is 91.3 Å². The zero-order valence-electron chi connectivity index (χ0n) is 8.79. The van der Waals surface area contributed by atoms with Crippen molar-refractivity contribution < 1.29 is 0 Å². The van der Waals surface area contributed by atoms with Crippen molar-refractivity contribution in [2.45, 2.75) is 19.3 Å². The molecule has 0 heteroatoms. The van der Waals surface area contributed by atoms with Crippen LogP contribution < -0.4 is 0 Å². The molecule has 0 nitrogen and oxygen atoms in total. The quantitative estimate of drug-likeness (QED) is 0.645. The molecular weight excluding hydrogens is 180 g/mol. The maximum atomic E-state index is 5.27. The average molecular weight is 194 g/mol. The van der Waals surface area contributed by atoms with Gasteiger partial charge >= 0.3 is 0 Å². The van der Waals surface area contributed by atoms with Crippen LogP contribution in [0.15, 0.2) is 42.0 Å². The monoisotopic (exact) mass is 194 g/mol. The van der Waals surface area contributed by atoms with Gasteiger partial charge in [-0.3, -0.25) is 0 Å². The molecule has 0 amide bonds. The molecule has 0 spiro atoms. The number of benzene rings is 1. The number of hydrogen-bond acceptors (Lipinski definition) is 0. The van der Waals surface area contributed by atoms with Crippen LogP contribution in [0.2, 0.25) is 0 Å². The summed E-state index contributed by atoms with van der Waals surface area (Å²) < 4.78 is 0. The van der Waals surface area contributed by atoms with Gasteiger partial charge in [-0.2, -0.15) is 0 Å². The molecule has 1 aliphatic carbocycles. The summed E-state index contributed by atoms with van der Waals surface area (Å²) in [5.41, 5.74) is 5.15. The van der Waals surface area contributed by atoms with Crippen molar-refractivity contribution in [2.75, 3.05) is 0 Å². The third kappa shape index (κ3) is 2.19. The van der Waals surface area contributed by atoms with E-state index in [4.69, 9.17) is 6.42 Å². The van der Waals surface area contributed by atoms with Gasteiger partial charge in [0.05, 0.1) is 0 Å². The van der Waals surface area contributed by atoms with E-state index >= 15 is 0 Å². The minimum absolute atomic E-state index is 0.895. The van der Waals surface area contributed by atoms with Crippen LogP contribution in [-0.2, 0) is 6.42 Å². The van der Waals surface area contributed by atoms with Gasteiger partial charge in [-0.05, 0) is 36.0 Å². The summed E-state index contributed by atoms with van der Waals surface area (Å²) in [5, 5.41) is 0. The van der Waals surface area contributed by atoms with Gasteiger partial charge in [0, 0.05) is 0 Å². The molecule has 0 N–H and O–H groups in total. The molecule has 0 saturated carbocycles. The molecule has 0 unspecified atom stereocenters. The Balaban J connectivity index is 2.00. The molecule has 0 aromatic heterocycles. The van der Waals surface area contributed by atoms with Gasteiger partial charge in [-0.15, -0.1) is 6.42 Å². The van der Waals surface area contributed by atoms with Crippen LogP contribution >= 0.6 is 0 Å². The van der Waals surface area contributed by atoms with E-state index in [0.717, 1.165) is 24.8 Å². The molecule has 1 aromatic carbocycles. The maximum absolute atomic E-state index is 5.27. The van der Waals surface area contributed by atoms with Crippen molar-refractivity contribution in [3.8, 4) is 12.3 Å². The Bertz CT molecular complexity index is 455. The summed E-state index contributed by atoms with van der Waals surface area (Å²) in [6.45, 7) is 3.82. The minimum Gasteiger partial charge on any atom is -0.115 e. The molecule has 0 radical (unpaired) electrons. The first-order valence-corrected chi connectivity index (χ1v) is 5.21. The Hall–Kier alpha value is -1.74. The highest BCUT2D eigenvalue weighted by molar-refractivity contribution is 5.63. The van der Waals surface area contributed by atoms with E-state index in [-0.39, 0.29) is 0 Å². The van der Waals surface area contributed by atoms with E-state index in [1.807, 2.05) is 0 Å². The van der Waals surface area contributed by atoms with Crippen LogP contribution in [0, 0.1) is 12.3 Å². The molecule has 15 heavy (non-hydrogen) atoms. The van der Waals surface area contributed by atoms with E-state index in [1.54, 1.807) is 0 Å². The second-order valence-electron chi connectivity index (χ2n) is 3.93. The summed E-state index contributed by atoms with van der Waals surface area (Å²) in [6, 6.07) is 8.53. The lowest BCUT2D eigenvalue weighted by Gasteiger charge is -2.00. The van der Waals surface area contributed by atoms with Gasteiger partial charge in [0.15, 0.2) is 0 Å². The van der Waals surface area contributed by atoms with Crippen molar-refractivity contribution in [2.24, 2.45) is 0 Å². The molecule has 0 heterocycles. The van der Waals surface area contributed by atoms with E-state index < -0.39 is 0 Å². The van der Waals surface area contributed by atoms with Gasteiger partial charge < -0.3 is 0 Å². The van der Waals surface area contributed by atoms with E-state index in [0.29, 0.717) is 0 Å². The highest BCUT2D eigenvalue weighted by atomic mass is 14.2. The van der Waals surface area contributed by atoms with Crippen LogP contribution in [0.4, 0.5) is 0 Å². The lowest BCUT2D eigenvalue weighted by atomic mass is 10.0. The zero-order valence-corrected chi connectivity index (χ0v) is 8.79. The third-order valence-electron chi connectivity index (χ3n) is 2.78. The predicted molar refractivity (Wildman–Crippen MR) is 65.3 cm³/mol. The summed E-state index contributed by atoms with van der Waals surface area (Å²) in [5.74, 6) is 2.59. The van der Waals surface area contributed by atoms with Gasteiger partial charge in [0.25, 0.3) is 0 Å². The van der Waals surface area contributed by atoms with E-state index in [2.05, 4.69) is 42.8 Å². The van der Waals surface area contributed by atoms with Gasteiger partial charge in [0.1, 0.15) is 0 Å². The normalized spacial score (nSPS) is 12.9. The summed E-state index contributed by atoms with van der Waals surface area (Å²) in [6.07, 6.45) is 10.6. The number of terminal acetylenes is 1. The van der Waals surface area contributed by atoms with Crippen molar-refractivity contribution in [1.82, 2.24) is 0 Å². The molecule has 74 valence electrons. The van der Waals surface area contributed by atoms with Crippen molar-refractivity contribution in [1.29, 1.82) is 0 Å². The number of fused-ring (bicyclic) bond motifs is 1. The molecule has 0 bridgehead atoms. The fraction of sp³-hybridized carbons (Fsp3) is 0.200. The smallest absolute Gasteiger partial charge is 0.00510 e. The van der Waals surface area contributed by atoms with Crippen LogP contribution in [0.3, 0.4) is 0 Å². The highest BCUT2D eigenvalue weighted by Crippen LogP contribution is 2.27. The molecule has 2 rings (SSSR count). The minimum atomic E-state index is 0.895. The first kappa shape index (κ1) is 9.80. The number of allylic oxidation sites excluding steroid dienone is 2. The number of hydrogen-bond donors (Lipinski definition) is 0. The molecule has 0 fully saturated rings. The Morgan fingerprint density at radius 2 is 2.20 bits per heavy atom.